The second-order valence-electron chi connectivity index (χ2n) is 8.56. The molecule has 34 heavy (non-hydrogen) atoms. The number of benzene rings is 5. The van der Waals surface area contributed by atoms with Crippen molar-refractivity contribution >= 4 is 33.9 Å². The molecule has 3 N–H and O–H groups in total. The van der Waals surface area contributed by atoms with Crippen molar-refractivity contribution in [1.29, 1.82) is 0 Å². The zero-order chi connectivity index (χ0) is 23.0. The quantitative estimate of drug-likeness (QED) is 0.284. The van der Waals surface area contributed by atoms with Crippen molar-refractivity contribution in [2.45, 2.75) is 5.60 Å². The fraction of sp³-hybridized carbons (Fsp3) is 0.0323. The molecule has 0 saturated carbocycles. The van der Waals surface area contributed by atoms with Crippen LogP contribution in [0.3, 0.4) is 0 Å². The Morgan fingerprint density at radius 1 is 0.647 bits per heavy atom. The number of rotatable bonds is 4. The van der Waals surface area contributed by atoms with Crippen molar-refractivity contribution in [2.75, 3.05) is 11.1 Å². The molecule has 3 heteroatoms. The molecule has 0 bridgehead atoms. The molecule has 0 fully saturated rings. The summed E-state index contributed by atoms with van der Waals surface area (Å²) in [4.78, 5) is 0. The maximum Gasteiger partial charge on any atom is 0.178 e. The molecule has 1 heterocycles. The SMILES string of the molecule is Nc1ccc(Nc2ccc3c4c(ccc3c2)OC(c2ccccc2)(c2ccccc2)C=C4)cc1. The van der Waals surface area contributed by atoms with E-state index in [0.717, 1.165) is 50.3 Å². The molecule has 0 aromatic heterocycles. The van der Waals surface area contributed by atoms with Gasteiger partial charge in [0.1, 0.15) is 5.75 Å². The van der Waals surface area contributed by atoms with E-state index in [4.69, 9.17) is 10.5 Å². The molecule has 0 aliphatic carbocycles. The van der Waals surface area contributed by atoms with Crippen LogP contribution in [0.4, 0.5) is 17.1 Å². The summed E-state index contributed by atoms with van der Waals surface area (Å²) in [6, 6.07) is 39.2. The largest absolute Gasteiger partial charge is 0.473 e. The Kier molecular flexibility index (Phi) is 4.81. The molecule has 164 valence electrons. The van der Waals surface area contributed by atoms with Crippen LogP contribution >= 0.6 is 0 Å². The maximum absolute atomic E-state index is 6.82. The lowest BCUT2D eigenvalue weighted by Gasteiger charge is -2.36. The molecule has 1 aliphatic heterocycles. The van der Waals surface area contributed by atoms with Gasteiger partial charge in [-0.2, -0.15) is 0 Å². The highest BCUT2D eigenvalue weighted by molar-refractivity contribution is 5.96. The van der Waals surface area contributed by atoms with Crippen molar-refractivity contribution < 1.29 is 4.74 Å². The molecule has 0 unspecified atom stereocenters. The number of hydrogen-bond acceptors (Lipinski definition) is 3. The fourth-order valence-corrected chi connectivity index (χ4v) is 4.66. The van der Waals surface area contributed by atoms with E-state index in [0.29, 0.717) is 0 Å². The Morgan fingerprint density at radius 3 is 1.97 bits per heavy atom. The molecular weight excluding hydrogens is 416 g/mol. The minimum atomic E-state index is -0.667. The summed E-state index contributed by atoms with van der Waals surface area (Å²) in [7, 11) is 0. The molecule has 3 nitrogen and oxygen atoms in total. The predicted octanol–water partition coefficient (Wildman–Crippen LogP) is 7.52. The van der Waals surface area contributed by atoms with Gasteiger partial charge in [0.25, 0.3) is 0 Å². The molecule has 0 spiro atoms. The Balaban J connectivity index is 1.41. The van der Waals surface area contributed by atoms with Crippen molar-refractivity contribution in [1.82, 2.24) is 0 Å². The number of nitrogen functional groups attached to an aromatic ring is 1. The van der Waals surface area contributed by atoms with Crippen molar-refractivity contribution in [3.63, 3.8) is 0 Å². The normalized spacial score (nSPS) is 13.8. The second-order valence-corrected chi connectivity index (χ2v) is 8.56. The van der Waals surface area contributed by atoms with Gasteiger partial charge in [-0.3, -0.25) is 0 Å². The summed E-state index contributed by atoms with van der Waals surface area (Å²) < 4.78 is 6.82. The van der Waals surface area contributed by atoms with Gasteiger partial charge in [-0.1, -0.05) is 72.8 Å². The van der Waals surface area contributed by atoms with Gasteiger partial charge in [0.15, 0.2) is 5.60 Å². The first-order chi connectivity index (χ1) is 16.7. The standard InChI is InChI=1S/C31H24N2O/c32-25-12-14-26(15-13-25)33-27-16-17-28-22(21-27)11-18-30-29(28)19-20-31(34-30,23-7-3-1-4-8-23)24-9-5-2-6-10-24/h1-21,33H,32H2. The van der Waals surface area contributed by atoms with Gasteiger partial charge < -0.3 is 15.8 Å². The zero-order valence-electron chi connectivity index (χ0n) is 18.6. The van der Waals surface area contributed by atoms with Gasteiger partial charge in [0.2, 0.25) is 0 Å². The third kappa shape index (κ3) is 3.48. The third-order valence-corrected chi connectivity index (χ3v) is 6.38. The van der Waals surface area contributed by atoms with Crippen LogP contribution in [0, 0.1) is 0 Å². The first-order valence-corrected chi connectivity index (χ1v) is 11.4. The van der Waals surface area contributed by atoms with Gasteiger partial charge in [-0.05, 0) is 65.4 Å². The predicted molar refractivity (Wildman–Crippen MR) is 141 cm³/mol. The molecule has 5 aromatic rings. The summed E-state index contributed by atoms with van der Waals surface area (Å²) in [6.45, 7) is 0. The number of hydrogen-bond donors (Lipinski definition) is 2. The van der Waals surface area contributed by atoms with E-state index in [9.17, 15) is 0 Å². The van der Waals surface area contributed by atoms with Crippen molar-refractivity contribution in [3.05, 3.63) is 138 Å². The zero-order valence-corrected chi connectivity index (χ0v) is 18.6. The lowest BCUT2D eigenvalue weighted by molar-refractivity contribution is 0.161. The molecule has 5 aromatic carbocycles. The van der Waals surface area contributed by atoms with Crippen LogP contribution < -0.4 is 15.8 Å². The summed E-state index contributed by atoms with van der Waals surface area (Å²) in [5, 5.41) is 5.77. The van der Waals surface area contributed by atoms with Crippen molar-refractivity contribution in [2.24, 2.45) is 0 Å². The van der Waals surface area contributed by atoms with Gasteiger partial charge in [-0.25, -0.2) is 0 Å². The number of nitrogens with two attached hydrogens (primary N) is 1. The highest BCUT2D eigenvalue weighted by atomic mass is 16.5. The minimum absolute atomic E-state index is 0.667. The maximum atomic E-state index is 6.82. The van der Waals surface area contributed by atoms with Crippen LogP contribution in [0.15, 0.2) is 121 Å². The third-order valence-electron chi connectivity index (χ3n) is 6.38. The average Bonchev–Trinajstić information content (AvgIpc) is 2.90. The fourth-order valence-electron chi connectivity index (χ4n) is 4.66. The Hall–Kier alpha value is -4.50. The van der Waals surface area contributed by atoms with E-state index >= 15 is 0 Å². The summed E-state index contributed by atoms with van der Waals surface area (Å²) in [5.41, 5.74) is 11.2. The van der Waals surface area contributed by atoms with E-state index in [2.05, 4.69) is 96.3 Å². The van der Waals surface area contributed by atoms with Crippen LogP contribution in [0.5, 0.6) is 5.75 Å². The highest BCUT2D eigenvalue weighted by Crippen LogP contribution is 2.44. The van der Waals surface area contributed by atoms with Gasteiger partial charge >= 0.3 is 0 Å². The van der Waals surface area contributed by atoms with E-state index < -0.39 is 5.60 Å². The van der Waals surface area contributed by atoms with Gasteiger partial charge in [0, 0.05) is 33.8 Å². The van der Waals surface area contributed by atoms with Crippen LogP contribution in [0.25, 0.3) is 16.8 Å². The first-order valence-electron chi connectivity index (χ1n) is 11.4. The van der Waals surface area contributed by atoms with E-state index in [1.807, 2.05) is 36.4 Å². The van der Waals surface area contributed by atoms with E-state index in [1.165, 1.54) is 0 Å². The molecule has 1 aliphatic rings. The Bertz CT molecular complexity index is 1450. The van der Waals surface area contributed by atoms with Gasteiger partial charge in [-0.15, -0.1) is 0 Å². The first kappa shape index (κ1) is 20.1. The summed E-state index contributed by atoms with van der Waals surface area (Å²) >= 11 is 0. The van der Waals surface area contributed by atoms with E-state index in [-0.39, 0.29) is 0 Å². The van der Waals surface area contributed by atoms with Gasteiger partial charge in [0.05, 0.1) is 0 Å². The second kappa shape index (κ2) is 8.13. The Morgan fingerprint density at radius 2 is 1.29 bits per heavy atom. The number of ether oxygens (including phenoxy) is 1. The molecule has 0 radical (unpaired) electrons. The number of anilines is 3. The monoisotopic (exact) mass is 440 g/mol. The number of nitrogens with one attached hydrogen (secondary N) is 1. The highest BCUT2D eigenvalue weighted by Gasteiger charge is 2.37. The molecule has 0 amide bonds. The Labute approximate surface area is 199 Å². The number of fused-ring (bicyclic) bond motifs is 3. The lowest BCUT2D eigenvalue weighted by Crippen LogP contribution is -2.34. The average molecular weight is 441 g/mol. The van der Waals surface area contributed by atoms with Crippen molar-refractivity contribution in [3.8, 4) is 5.75 Å². The summed E-state index contributed by atoms with van der Waals surface area (Å²) in [6.07, 6.45) is 4.38. The molecular formula is C31H24N2O. The van der Waals surface area contributed by atoms with Crippen LogP contribution in [-0.4, -0.2) is 0 Å². The molecule has 6 rings (SSSR count). The van der Waals surface area contributed by atoms with E-state index in [1.54, 1.807) is 0 Å². The smallest absolute Gasteiger partial charge is 0.178 e. The van der Waals surface area contributed by atoms with Crippen LogP contribution in [0.2, 0.25) is 0 Å². The topological polar surface area (TPSA) is 47.3 Å². The molecule has 0 saturated heterocycles. The summed E-state index contributed by atoms with van der Waals surface area (Å²) in [5.74, 6) is 0.877. The minimum Gasteiger partial charge on any atom is -0.473 e. The molecule has 0 atom stereocenters. The lowest BCUT2D eigenvalue weighted by atomic mass is 9.83. The van der Waals surface area contributed by atoms with Crippen LogP contribution in [-0.2, 0) is 5.60 Å². The van der Waals surface area contributed by atoms with Crippen LogP contribution in [0.1, 0.15) is 16.7 Å².